The normalized spacial score (nSPS) is 15.6. The molecule has 0 aliphatic carbocycles. The average Bonchev–Trinajstić information content (AvgIpc) is 3.51. The maximum atomic E-state index is 13.7. The zero-order valence-corrected chi connectivity index (χ0v) is 19.4. The molecule has 0 bridgehead atoms. The number of hydrogen-bond acceptors (Lipinski definition) is 8. The van der Waals surface area contributed by atoms with Crippen LogP contribution in [0.5, 0.6) is 23.0 Å². The molecule has 1 aliphatic heterocycles. The predicted molar refractivity (Wildman–Crippen MR) is 123 cm³/mol. The van der Waals surface area contributed by atoms with Gasteiger partial charge in [0.15, 0.2) is 16.6 Å². The van der Waals surface area contributed by atoms with E-state index in [2.05, 4.69) is 0 Å². The number of fused-ring (bicyclic) bond motifs is 1. The first kappa shape index (κ1) is 22.2. The van der Waals surface area contributed by atoms with Gasteiger partial charge in [-0.05, 0) is 43.2 Å². The van der Waals surface area contributed by atoms with Crippen LogP contribution in [0.25, 0.3) is 10.2 Å². The Morgan fingerprint density at radius 1 is 1.03 bits per heavy atom. The van der Waals surface area contributed by atoms with Crippen LogP contribution in [0, 0.1) is 0 Å². The van der Waals surface area contributed by atoms with Crippen LogP contribution in [0.1, 0.15) is 23.2 Å². The third-order valence-electron chi connectivity index (χ3n) is 5.42. The summed E-state index contributed by atoms with van der Waals surface area (Å²) < 4.78 is 28.3. The number of hydrogen-bond donors (Lipinski definition) is 0. The van der Waals surface area contributed by atoms with Gasteiger partial charge in [-0.1, -0.05) is 11.3 Å². The third-order valence-corrected chi connectivity index (χ3v) is 6.51. The van der Waals surface area contributed by atoms with Crippen LogP contribution in [-0.4, -0.2) is 58.6 Å². The van der Waals surface area contributed by atoms with Crippen LogP contribution >= 0.6 is 11.3 Å². The number of carbonyl (C=O) groups is 1. The Labute approximate surface area is 190 Å². The molecule has 4 rings (SSSR count). The second-order valence-corrected chi connectivity index (χ2v) is 8.24. The molecule has 0 spiro atoms. The van der Waals surface area contributed by atoms with Crippen molar-refractivity contribution >= 4 is 32.6 Å². The maximum absolute atomic E-state index is 13.7. The van der Waals surface area contributed by atoms with Crippen molar-refractivity contribution in [2.45, 2.75) is 18.9 Å². The Hall–Kier alpha value is -3.04. The van der Waals surface area contributed by atoms with Crippen LogP contribution in [0.2, 0.25) is 0 Å². The number of ether oxygens (including phenoxy) is 5. The molecule has 1 unspecified atom stereocenters. The van der Waals surface area contributed by atoms with Gasteiger partial charge in [-0.3, -0.25) is 9.69 Å². The molecule has 3 aromatic rings. The molecule has 170 valence electrons. The number of carbonyl (C=O) groups excluding carboxylic acids is 1. The van der Waals surface area contributed by atoms with E-state index in [9.17, 15) is 4.79 Å². The van der Waals surface area contributed by atoms with E-state index in [0.717, 1.165) is 17.5 Å². The molecule has 1 aromatic heterocycles. The van der Waals surface area contributed by atoms with Gasteiger partial charge in [-0.2, -0.15) is 0 Å². The van der Waals surface area contributed by atoms with Gasteiger partial charge in [0.05, 0.1) is 41.1 Å². The van der Waals surface area contributed by atoms with Crippen LogP contribution in [0.3, 0.4) is 0 Å². The molecule has 1 saturated heterocycles. The lowest BCUT2D eigenvalue weighted by atomic mass is 10.1. The second kappa shape index (κ2) is 9.62. The summed E-state index contributed by atoms with van der Waals surface area (Å²) in [6.07, 6.45) is 1.83. The minimum Gasteiger partial charge on any atom is -0.495 e. The largest absolute Gasteiger partial charge is 0.495 e. The monoisotopic (exact) mass is 458 g/mol. The van der Waals surface area contributed by atoms with E-state index in [-0.39, 0.29) is 12.0 Å². The fraction of sp³-hybridized carbons (Fsp3) is 0.391. The Balaban J connectivity index is 1.78. The molecule has 0 radical (unpaired) electrons. The highest BCUT2D eigenvalue weighted by Gasteiger charge is 2.28. The van der Waals surface area contributed by atoms with Crippen molar-refractivity contribution in [1.82, 2.24) is 4.98 Å². The summed E-state index contributed by atoms with van der Waals surface area (Å²) in [6, 6.07) is 8.77. The molecular formula is C23H26N2O6S. The standard InChI is InChI=1S/C23H26N2O6S/c1-27-16-8-7-14(12-19(16)30-4)22(26)25(13-15-6-5-11-31-15)23-24-20-17(28-2)9-10-18(29-3)21(20)32-23/h7-10,12,15H,5-6,11,13H2,1-4H3. The summed E-state index contributed by atoms with van der Waals surface area (Å²) in [5.41, 5.74) is 1.13. The number of rotatable bonds is 8. The summed E-state index contributed by atoms with van der Waals surface area (Å²) in [7, 11) is 6.31. The van der Waals surface area contributed by atoms with Crippen molar-refractivity contribution in [2.75, 3.05) is 46.5 Å². The first-order valence-corrected chi connectivity index (χ1v) is 11.1. The van der Waals surface area contributed by atoms with Gasteiger partial charge < -0.3 is 23.7 Å². The Morgan fingerprint density at radius 3 is 2.38 bits per heavy atom. The fourth-order valence-electron chi connectivity index (χ4n) is 3.75. The summed E-state index contributed by atoms with van der Waals surface area (Å²) >= 11 is 1.39. The quantitative estimate of drug-likeness (QED) is 0.502. The zero-order valence-electron chi connectivity index (χ0n) is 18.5. The number of amides is 1. The van der Waals surface area contributed by atoms with Crippen LogP contribution < -0.4 is 23.8 Å². The van der Waals surface area contributed by atoms with Crippen LogP contribution in [-0.2, 0) is 4.74 Å². The first-order valence-electron chi connectivity index (χ1n) is 10.3. The predicted octanol–water partition coefficient (Wildman–Crippen LogP) is 4.16. The number of methoxy groups -OCH3 is 4. The molecule has 2 heterocycles. The van der Waals surface area contributed by atoms with E-state index in [1.165, 1.54) is 11.3 Å². The maximum Gasteiger partial charge on any atom is 0.260 e. The fourth-order valence-corrected chi connectivity index (χ4v) is 4.84. The van der Waals surface area contributed by atoms with E-state index in [1.54, 1.807) is 51.5 Å². The van der Waals surface area contributed by atoms with Gasteiger partial charge in [0.1, 0.15) is 21.7 Å². The van der Waals surface area contributed by atoms with Gasteiger partial charge in [-0.25, -0.2) is 4.98 Å². The molecule has 1 fully saturated rings. The molecule has 0 saturated carbocycles. The van der Waals surface area contributed by atoms with Crippen molar-refractivity contribution in [2.24, 2.45) is 0 Å². The van der Waals surface area contributed by atoms with Crippen molar-refractivity contribution in [3.63, 3.8) is 0 Å². The van der Waals surface area contributed by atoms with E-state index in [1.807, 2.05) is 12.1 Å². The van der Waals surface area contributed by atoms with Crippen LogP contribution in [0.15, 0.2) is 30.3 Å². The number of thiazole rings is 1. The Kier molecular flexibility index (Phi) is 6.66. The summed E-state index contributed by atoms with van der Waals surface area (Å²) in [5.74, 6) is 2.16. The zero-order chi connectivity index (χ0) is 22.7. The van der Waals surface area contributed by atoms with E-state index in [4.69, 9.17) is 28.7 Å². The summed E-state index contributed by atoms with van der Waals surface area (Å²) in [4.78, 5) is 20.1. The molecule has 8 nitrogen and oxygen atoms in total. The molecule has 9 heteroatoms. The highest BCUT2D eigenvalue weighted by atomic mass is 32.1. The highest BCUT2D eigenvalue weighted by Crippen LogP contribution is 2.41. The molecule has 1 aliphatic rings. The smallest absolute Gasteiger partial charge is 0.260 e. The summed E-state index contributed by atoms with van der Waals surface area (Å²) in [6.45, 7) is 1.10. The van der Waals surface area contributed by atoms with Crippen molar-refractivity contribution < 1.29 is 28.5 Å². The number of aromatic nitrogens is 1. The molecular weight excluding hydrogens is 432 g/mol. The lowest BCUT2D eigenvalue weighted by Gasteiger charge is -2.23. The van der Waals surface area contributed by atoms with Gasteiger partial charge in [-0.15, -0.1) is 0 Å². The van der Waals surface area contributed by atoms with Crippen molar-refractivity contribution in [3.8, 4) is 23.0 Å². The van der Waals surface area contributed by atoms with Gasteiger partial charge in [0, 0.05) is 12.2 Å². The van der Waals surface area contributed by atoms with E-state index < -0.39 is 0 Å². The lowest BCUT2D eigenvalue weighted by molar-refractivity contribution is 0.0917. The molecule has 2 aromatic carbocycles. The van der Waals surface area contributed by atoms with E-state index >= 15 is 0 Å². The van der Waals surface area contributed by atoms with Crippen LogP contribution in [0.4, 0.5) is 5.13 Å². The molecule has 32 heavy (non-hydrogen) atoms. The van der Waals surface area contributed by atoms with E-state index in [0.29, 0.717) is 52.4 Å². The SMILES string of the molecule is COc1ccc(C(=O)N(CC2CCCO2)c2nc3c(OC)ccc(OC)c3s2)cc1OC. The number of benzene rings is 2. The Bertz CT molecular complexity index is 1070. The average molecular weight is 459 g/mol. The number of nitrogens with zero attached hydrogens (tertiary/aromatic N) is 2. The summed E-state index contributed by atoms with van der Waals surface area (Å²) in [5, 5.41) is 0.554. The lowest BCUT2D eigenvalue weighted by Crippen LogP contribution is -2.37. The minimum absolute atomic E-state index is 0.0464. The molecule has 0 N–H and O–H groups in total. The molecule has 1 atom stereocenters. The minimum atomic E-state index is -0.196. The Morgan fingerprint density at radius 2 is 1.72 bits per heavy atom. The highest BCUT2D eigenvalue weighted by molar-refractivity contribution is 7.22. The van der Waals surface area contributed by atoms with Gasteiger partial charge >= 0.3 is 0 Å². The second-order valence-electron chi connectivity index (χ2n) is 7.26. The van der Waals surface area contributed by atoms with Gasteiger partial charge in [0.2, 0.25) is 0 Å². The molecule has 1 amide bonds. The topological polar surface area (TPSA) is 79.4 Å². The third kappa shape index (κ3) is 4.18. The number of anilines is 1. The van der Waals surface area contributed by atoms with Gasteiger partial charge in [0.25, 0.3) is 5.91 Å². The van der Waals surface area contributed by atoms with Crippen molar-refractivity contribution in [1.29, 1.82) is 0 Å². The van der Waals surface area contributed by atoms with Crippen molar-refractivity contribution in [3.05, 3.63) is 35.9 Å². The first-order chi connectivity index (χ1) is 15.6.